The normalized spacial score (nSPS) is 21.4. The maximum Gasteiger partial charge on any atom is 0.306 e. The number of carbonyl (C=O) groups is 2. The number of allylic oxidation sites excluding steroid dienone is 4. The maximum atomic E-state index is 12.7. The Morgan fingerprint density at radius 2 is 1.08 bits per heavy atom. The quantitative estimate of drug-likeness (QED) is 0.0226. The Balaban J connectivity index is 2.52. The molecule has 1 heterocycles. The number of ether oxygens (including phenoxy) is 4. The monoisotopic (exact) mass is 776 g/mol. The highest BCUT2D eigenvalue weighted by Crippen LogP contribution is 2.24. The molecule has 1 aliphatic rings. The van der Waals surface area contributed by atoms with Gasteiger partial charge in [0.15, 0.2) is 12.4 Å². The van der Waals surface area contributed by atoms with Crippen LogP contribution in [0.25, 0.3) is 0 Å². The molecular formula is C40H72O12S. The molecule has 6 atom stereocenters. The fourth-order valence-electron chi connectivity index (χ4n) is 6.02. The van der Waals surface area contributed by atoms with E-state index in [9.17, 15) is 37.9 Å². The minimum absolute atomic E-state index is 0.153. The molecule has 0 saturated carbocycles. The molecular weight excluding hydrogens is 704 g/mol. The molecule has 0 bridgehead atoms. The third-order valence-corrected chi connectivity index (χ3v) is 10.0. The Bertz CT molecular complexity index is 1100. The summed E-state index contributed by atoms with van der Waals surface area (Å²) < 4.78 is 53.8. The molecule has 0 spiro atoms. The van der Waals surface area contributed by atoms with E-state index in [4.69, 9.17) is 18.9 Å². The fraction of sp³-hybridized carbons (Fsp3) is 0.850. The first-order valence-corrected chi connectivity index (χ1v) is 22.0. The summed E-state index contributed by atoms with van der Waals surface area (Å²) in [5.74, 6) is -2.01. The van der Waals surface area contributed by atoms with Gasteiger partial charge in [0.2, 0.25) is 0 Å². The predicted octanol–water partition coefficient (Wildman–Crippen LogP) is 7.28. The van der Waals surface area contributed by atoms with Gasteiger partial charge in [-0.1, -0.05) is 109 Å². The second-order valence-corrected chi connectivity index (χ2v) is 15.8. The van der Waals surface area contributed by atoms with Crippen LogP contribution in [0.1, 0.15) is 162 Å². The summed E-state index contributed by atoms with van der Waals surface area (Å²) in [4.78, 5) is 25.3. The van der Waals surface area contributed by atoms with Crippen molar-refractivity contribution in [2.75, 3.05) is 19.0 Å². The van der Waals surface area contributed by atoms with Crippen LogP contribution in [0.5, 0.6) is 0 Å². The summed E-state index contributed by atoms with van der Waals surface area (Å²) in [6, 6.07) is 0. The number of hydrogen-bond acceptors (Lipinski definition) is 11. The van der Waals surface area contributed by atoms with Gasteiger partial charge < -0.3 is 34.3 Å². The number of unbranched alkanes of at least 4 members (excludes halogenated alkanes) is 17. The summed E-state index contributed by atoms with van der Waals surface area (Å²) in [6.45, 7) is 3.68. The van der Waals surface area contributed by atoms with Crippen LogP contribution in [-0.4, -0.2) is 96.0 Å². The van der Waals surface area contributed by atoms with Gasteiger partial charge in [0.05, 0.1) is 6.61 Å². The van der Waals surface area contributed by atoms with Crippen LogP contribution in [0.3, 0.4) is 0 Å². The summed E-state index contributed by atoms with van der Waals surface area (Å²) in [5.41, 5.74) is 0. The minimum Gasteiger partial charge on any atom is -0.462 e. The number of esters is 2. The zero-order valence-electron chi connectivity index (χ0n) is 32.6. The number of aliphatic hydroxyl groups excluding tert-OH is 3. The first-order chi connectivity index (χ1) is 25.5. The van der Waals surface area contributed by atoms with E-state index >= 15 is 0 Å². The lowest BCUT2D eigenvalue weighted by Gasteiger charge is -2.40. The minimum atomic E-state index is -4.60. The first-order valence-electron chi connectivity index (χ1n) is 20.4. The third kappa shape index (κ3) is 26.6. The van der Waals surface area contributed by atoms with Crippen LogP contribution in [0.2, 0.25) is 0 Å². The van der Waals surface area contributed by atoms with Gasteiger partial charge in [-0.15, -0.1) is 0 Å². The second kappa shape index (κ2) is 31.3. The van der Waals surface area contributed by atoms with Gasteiger partial charge in [-0.3, -0.25) is 14.1 Å². The summed E-state index contributed by atoms with van der Waals surface area (Å²) in [6.07, 6.45) is 22.3. The largest absolute Gasteiger partial charge is 0.462 e. The van der Waals surface area contributed by atoms with Gasteiger partial charge in [0, 0.05) is 12.8 Å². The van der Waals surface area contributed by atoms with E-state index in [2.05, 4.69) is 38.2 Å². The highest BCUT2D eigenvalue weighted by atomic mass is 32.2. The van der Waals surface area contributed by atoms with Gasteiger partial charge in [-0.05, 0) is 64.2 Å². The smallest absolute Gasteiger partial charge is 0.306 e. The molecule has 310 valence electrons. The molecule has 0 radical (unpaired) electrons. The van der Waals surface area contributed by atoms with Crippen LogP contribution in [0, 0.1) is 0 Å². The zero-order chi connectivity index (χ0) is 39.2. The Hall–Kier alpha value is -1.87. The van der Waals surface area contributed by atoms with Gasteiger partial charge in [-0.25, -0.2) is 0 Å². The van der Waals surface area contributed by atoms with Crippen molar-refractivity contribution < 1.29 is 56.8 Å². The van der Waals surface area contributed by atoms with Crippen molar-refractivity contribution >= 4 is 22.1 Å². The van der Waals surface area contributed by atoms with E-state index < -0.39 is 71.2 Å². The Kier molecular flexibility index (Phi) is 29.1. The molecule has 1 aliphatic heterocycles. The van der Waals surface area contributed by atoms with Gasteiger partial charge >= 0.3 is 11.9 Å². The zero-order valence-corrected chi connectivity index (χ0v) is 33.4. The van der Waals surface area contributed by atoms with Crippen molar-refractivity contribution in [3.8, 4) is 0 Å². The lowest BCUT2D eigenvalue weighted by Crippen LogP contribution is -2.60. The highest BCUT2D eigenvalue weighted by molar-refractivity contribution is 7.85. The van der Waals surface area contributed by atoms with E-state index in [1.54, 1.807) is 0 Å². The van der Waals surface area contributed by atoms with Crippen LogP contribution in [0.15, 0.2) is 24.3 Å². The molecule has 1 fully saturated rings. The summed E-state index contributed by atoms with van der Waals surface area (Å²) >= 11 is 0. The summed E-state index contributed by atoms with van der Waals surface area (Å²) in [5, 5.41) is 30.8. The van der Waals surface area contributed by atoms with Crippen molar-refractivity contribution in [3.63, 3.8) is 0 Å². The van der Waals surface area contributed by atoms with E-state index in [0.717, 1.165) is 77.0 Å². The van der Waals surface area contributed by atoms with E-state index in [-0.39, 0.29) is 19.4 Å². The van der Waals surface area contributed by atoms with E-state index in [0.29, 0.717) is 12.8 Å². The number of hydrogen-bond donors (Lipinski definition) is 4. The van der Waals surface area contributed by atoms with Crippen molar-refractivity contribution in [1.29, 1.82) is 0 Å². The highest BCUT2D eigenvalue weighted by Gasteiger charge is 2.46. The Morgan fingerprint density at radius 1 is 0.623 bits per heavy atom. The van der Waals surface area contributed by atoms with E-state index in [1.807, 2.05) is 0 Å². The van der Waals surface area contributed by atoms with Crippen LogP contribution in [0.4, 0.5) is 0 Å². The second-order valence-electron chi connectivity index (χ2n) is 14.3. The first kappa shape index (κ1) is 49.1. The SMILES string of the molecule is CCCCC/C=C/CCCCCCCC(=O)OC[C@H](CO[C@H]1O[C@H](CS(=O)(=O)O)[C@@H](O)C(O)C1O)OC(=O)CCCCCCC/C=C/CCCCCC. The summed E-state index contributed by atoms with van der Waals surface area (Å²) in [7, 11) is -4.60. The van der Waals surface area contributed by atoms with Crippen molar-refractivity contribution in [3.05, 3.63) is 24.3 Å². The topological polar surface area (TPSA) is 186 Å². The lowest BCUT2D eigenvalue weighted by molar-refractivity contribution is -0.297. The molecule has 0 amide bonds. The average Bonchev–Trinajstić information content (AvgIpc) is 3.12. The molecule has 2 unspecified atom stereocenters. The van der Waals surface area contributed by atoms with Gasteiger partial charge in [0.1, 0.15) is 36.8 Å². The van der Waals surface area contributed by atoms with Gasteiger partial charge in [-0.2, -0.15) is 8.42 Å². The van der Waals surface area contributed by atoms with Crippen LogP contribution < -0.4 is 0 Å². The standard InChI is InChI=1S/C40H72O12S/c1-3-5-7-9-11-13-15-17-19-21-23-25-27-29-36(42)51-33(31-50-40-39(45)38(44)37(43)34(52-40)32-53(46,47)48)30-49-35(41)28-26-24-22-20-18-16-14-12-10-8-6-4-2/h12-15,33-34,37-40,43-45H,3-11,16-32H2,1-2H3,(H,46,47,48)/b14-12+,15-13+/t33-,34-,37-,38?,39?,40+/m1/s1. The molecule has 1 rings (SSSR count). The molecule has 0 aromatic rings. The molecule has 0 aromatic carbocycles. The average molecular weight is 777 g/mol. The Morgan fingerprint density at radius 3 is 1.60 bits per heavy atom. The molecule has 53 heavy (non-hydrogen) atoms. The van der Waals surface area contributed by atoms with Crippen molar-refractivity contribution in [2.45, 2.75) is 198 Å². The predicted molar refractivity (Wildman–Crippen MR) is 206 cm³/mol. The maximum absolute atomic E-state index is 12.7. The molecule has 4 N–H and O–H groups in total. The van der Waals surface area contributed by atoms with Crippen molar-refractivity contribution in [2.24, 2.45) is 0 Å². The van der Waals surface area contributed by atoms with E-state index in [1.165, 1.54) is 44.9 Å². The molecule has 0 aromatic heterocycles. The van der Waals surface area contributed by atoms with Crippen molar-refractivity contribution in [1.82, 2.24) is 0 Å². The number of carbonyl (C=O) groups excluding carboxylic acids is 2. The Labute approximate surface area is 319 Å². The third-order valence-electron chi connectivity index (χ3n) is 9.25. The van der Waals surface area contributed by atoms with Gasteiger partial charge in [0.25, 0.3) is 10.1 Å². The molecule has 12 nitrogen and oxygen atoms in total. The molecule has 13 heteroatoms. The van der Waals surface area contributed by atoms with Crippen LogP contribution >= 0.6 is 0 Å². The number of aliphatic hydroxyl groups is 3. The van der Waals surface area contributed by atoms with Crippen LogP contribution in [-0.2, 0) is 38.7 Å². The number of rotatable bonds is 33. The molecule has 1 saturated heterocycles. The fourth-order valence-corrected chi connectivity index (χ4v) is 6.71. The molecule has 0 aliphatic carbocycles. The lowest BCUT2D eigenvalue weighted by atomic mass is 10.00.